The Hall–Kier alpha value is -2.67. The van der Waals surface area contributed by atoms with E-state index in [0.29, 0.717) is 35.8 Å². The smallest absolute Gasteiger partial charge is 0.261 e. The lowest BCUT2D eigenvalue weighted by atomic mass is 9.99. The van der Waals surface area contributed by atoms with Crippen molar-refractivity contribution in [1.82, 2.24) is 10.2 Å². The standard InChI is InChI=1S/C22H25N3O3S/c26-20(25-13-11-15-4-1-2-5-17(15)14-25)6-3-12-23-22(28)18-9-10-19(29-18)24-21(27)16-7-8-16/h1-2,4-5,9-10,16H,3,6-8,11-14H2,(H,23,28)(H,24,27). The van der Waals surface area contributed by atoms with Crippen LogP contribution in [-0.2, 0) is 22.6 Å². The third kappa shape index (κ3) is 5.03. The second-order valence-electron chi connectivity index (χ2n) is 7.62. The predicted octanol–water partition coefficient (Wildman–Crippen LogP) is 3.19. The van der Waals surface area contributed by atoms with E-state index in [2.05, 4.69) is 22.8 Å². The maximum atomic E-state index is 12.5. The Morgan fingerprint density at radius 1 is 1.07 bits per heavy atom. The molecule has 0 spiro atoms. The summed E-state index contributed by atoms with van der Waals surface area (Å²) in [5, 5.41) is 6.42. The molecular formula is C22H25N3O3S. The number of rotatable bonds is 7. The van der Waals surface area contributed by atoms with E-state index in [0.717, 1.165) is 25.8 Å². The van der Waals surface area contributed by atoms with Gasteiger partial charge in [0.1, 0.15) is 0 Å². The molecule has 2 aliphatic rings. The number of amides is 3. The van der Waals surface area contributed by atoms with Gasteiger partial charge >= 0.3 is 0 Å². The van der Waals surface area contributed by atoms with Gasteiger partial charge in [0, 0.05) is 32.0 Å². The predicted molar refractivity (Wildman–Crippen MR) is 113 cm³/mol. The Morgan fingerprint density at radius 2 is 1.86 bits per heavy atom. The first-order valence-corrected chi connectivity index (χ1v) is 11.0. The van der Waals surface area contributed by atoms with Gasteiger partial charge in [0.05, 0.1) is 9.88 Å². The van der Waals surface area contributed by atoms with E-state index in [1.807, 2.05) is 17.0 Å². The lowest BCUT2D eigenvalue weighted by molar-refractivity contribution is -0.132. The number of hydrogen-bond acceptors (Lipinski definition) is 4. The number of benzene rings is 1. The van der Waals surface area contributed by atoms with Crippen molar-refractivity contribution < 1.29 is 14.4 Å². The topological polar surface area (TPSA) is 78.5 Å². The fourth-order valence-electron chi connectivity index (χ4n) is 3.49. The Labute approximate surface area is 174 Å². The van der Waals surface area contributed by atoms with E-state index < -0.39 is 0 Å². The van der Waals surface area contributed by atoms with Crippen LogP contribution in [-0.4, -0.2) is 35.7 Å². The van der Waals surface area contributed by atoms with E-state index in [9.17, 15) is 14.4 Å². The molecule has 2 N–H and O–H groups in total. The highest BCUT2D eigenvalue weighted by Crippen LogP contribution is 2.31. The quantitative estimate of drug-likeness (QED) is 0.687. The molecule has 0 bridgehead atoms. The minimum Gasteiger partial charge on any atom is -0.351 e. The molecular weight excluding hydrogens is 386 g/mol. The number of fused-ring (bicyclic) bond motifs is 1. The minimum absolute atomic E-state index is 0.0395. The molecule has 1 aliphatic carbocycles. The summed E-state index contributed by atoms with van der Waals surface area (Å²) in [5.41, 5.74) is 2.55. The molecule has 0 radical (unpaired) electrons. The van der Waals surface area contributed by atoms with Crippen LogP contribution in [0.1, 0.15) is 46.5 Å². The number of hydrogen-bond donors (Lipinski definition) is 2. The van der Waals surface area contributed by atoms with Gasteiger partial charge in [0.2, 0.25) is 11.8 Å². The largest absolute Gasteiger partial charge is 0.351 e. The minimum atomic E-state index is -0.165. The van der Waals surface area contributed by atoms with Gasteiger partial charge in [-0.1, -0.05) is 24.3 Å². The van der Waals surface area contributed by atoms with Crippen molar-refractivity contribution in [2.24, 2.45) is 5.92 Å². The molecule has 29 heavy (non-hydrogen) atoms. The van der Waals surface area contributed by atoms with Crippen molar-refractivity contribution in [2.75, 3.05) is 18.4 Å². The summed E-state index contributed by atoms with van der Waals surface area (Å²) >= 11 is 1.28. The zero-order valence-electron chi connectivity index (χ0n) is 16.3. The van der Waals surface area contributed by atoms with Gasteiger partial charge in [0.15, 0.2) is 0 Å². The third-order valence-electron chi connectivity index (χ3n) is 5.36. The van der Waals surface area contributed by atoms with Crippen LogP contribution < -0.4 is 10.6 Å². The maximum absolute atomic E-state index is 12.5. The van der Waals surface area contributed by atoms with E-state index in [1.54, 1.807) is 12.1 Å². The van der Waals surface area contributed by atoms with Gasteiger partial charge in [0.25, 0.3) is 5.91 Å². The second kappa shape index (κ2) is 8.78. The molecule has 0 unspecified atom stereocenters. The SMILES string of the molecule is O=C(NCCCC(=O)N1CCc2ccccc2C1)c1ccc(NC(=O)C2CC2)s1. The lowest BCUT2D eigenvalue weighted by Gasteiger charge is -2.29. The first kappa shape index (κ1) is 19.6. The van der Waals surface area contributed by atoms with Crippen LogP contribution in [0.15, 0.2) is 36.4 Å². The van der Waals surface area contributed by atoms with Crippen molar-refractivity contribution in [2.45, 2.75) is 38.6 Å². The van der Waals surface area contributed by atoms with Gasteiger partial charge in [-0.05, 0) is 48.9 Å². The lowest BCUT2D eigenvalue weighted by Crippen LogP contribution is -2.36. The van der Waals surface area contributed by atoms with E-state index >= 15 is 0 Å². The van der Waals surface area contributed by atoms with Crippen LogP contribution in [0.2, 0.25) is 0 Å². The Balaban J connectivity index is 1.17. The molecule has 4 rings (SSSR count). The summed E-state index contributed by atoms with van der Waals surface area (Å²) in [6, 6.07) is 11.7. The molecule has 6 nitrogen and oxygen atoms in total. The molecule has 1 aliphatic heterocycles. The molecule has 2 aromatic rings. The highest BCUT2D eigenvalue weighted by Gasteiger charge is 2.30. The van der Waals surface area contributed by atoms with E-state index in [4.69, 9.17) is 0 Å². The van der Waals surface area contributed by atoms with E-state index in [-0.39, 0.29) is 23.6 Å². The van der Waals surface area contributed by atoms with Gasteiger partial charge in [-0.25, -0.2) is 0 Å². The van der Waals surface area contributed by atoms with Gasteiger partial charge in [-0.3, -0.25) is 14.4 Å². The van der Waals surface area contributed by atoms with Gasteiger partial charge in [-0.15, -0.1) is 11.3 Å². The van der Waals surface area contributed by atoms with Crippen LogP contribution in [0, 0.1) is 5.92 Å². The van der Waals surface area contributed by atoms with Crippen molar-refractivity contribution in [3.8, 4) is 0 Å². The second-order valence-corrected chi connectivity index (χ2v) is 8.70. The van der Waals surface area contributed by atoms with Crippen molar-refractivity contribution >= 4 is 34.1 Å². The molecule has 0 atom stereocenters. The summed E-state index contributed by atoms with van der Waals surface area (Å²) < 4.78 is 0. The fraction of sp³-hybridized carbons (Fsp3) is 0.409. The van der Waals surface area contributed by atoms with Gasteiger partial charge in [-0.2, -0.15) is 0 Å². The summed E-state index contributed by atoms with van der Waals surface area (Å²) in [7, 11) is 0. The Morgan fingerprint density at radius 3 is 2.66 bits per heavy atom. The molecule has 7 heteroatoms. The van der Waals surface area contributed by atoms with E-state index in [1.165, 1.54) is 22.5 Å². The number of carbonyl (C=O) groups is 3. The number of carbonyl (C=O) groups excluding carboxylic acids is 3. The average molecular weight is 412 g/mol. The molecule has 3 amide bonds. The summed E-state index contributed by atoms with van der Waals surface area (Å²) in [6.07, 6.45) is 3.84. The molecule has 0 saturated heterocycles. The molecule has 2 heterocycles. The van der Waals surface area contributed by atoms with Crippen LogP contribution in [0.5, 0.6) is 0 Å². The highest BCUT2D eigenvalue weighted by atomic mass is 32.1. The van der Waals surface area contributed by atoms with Crippen molar-refractivity contribution in [1.29, 1.82) is 0 Å². The molecule has 152 valence electrons. The van der Waals surface area contributed by atoms with Crippen LogP contribution >= 0.6 is 11.3 Å². The zero-order valence-corrected chi connectivity index (χ0v) is 17.1. The first-order chi connectivity index (χ1) is 14.1. The molecule has 1 fully saturated rings. The number of nitrogens with one attached hydrogen (secondary N) is 2. The van der Waals surface area contributed by atoms with Gasteiger partial charge < -0.3 is 15.5 Å². The maximum Gasteiger partial charge on any atom is 0.261 e. The Bertz CT molecular complexity index is 920. The summed E-state index contributed by atoms with van der Waals surface area (Å²) in [5.74, 6) is 0.147. The number of nitrogens with zero attached hydrogens (tertiary/aromatic N) is 1. The highest BCUT2D eigenvalue weighted by molar-refractivity contribution is 7.18. The molecule has 1 aromatic carbocycles. The van der Waals surface area contributed by atoms with Crippen LogP contribution in [0.25, 0.3) is 0 Å². The number of anilines is 1. The monoisotopic (exact) mass is 411 g/mol. The normalized spacial score (nSPS) is 15.5. The summed E-state index contributed by atoms with van der Waals surface area (Å²) in [6.45, 7) is 1.88. The number of thiophene rings is 1. The fourth-order valence-corrected chi connectivity index (χ4v) is 4.32. The van der Waals surface area contributed by atoms with Crippen molar-refractivity contribution in [3.05, 3.63) is 52.4 Å². The summed E-state index contributed by atoms with van der Waals surface area (Å²) in [4.78, 5) is 39.0. The molecule has 1 saturated carbocycles. The first-order valence-electron chi connectivity index (χ1n) is 10.1. The Kier molecular flexibility index (Phi) is 5.94. The third-order valence-corrected chi connectivity index (χ3v) is 6.36. The van der Waals surface area contributed by atoms with Crippen LogP contribution in [0.3, 0.4) is 0 Å². The molecule has 1 aromatic heterocycles. The van der Waals surface area contributed by atoms with Crippen LogP contribution in [0.4, 0.5) is 5.00 Å². The average Bonchev–Trinajstić information content (AvgIpc) is 3.50. The van der Waals surface area contributed by atoms with Crippen molar-refractivity contribution in [3.63, 3.8) is 0 Å². The zero-order chi connectivity index (χ0) is 20.2.